The molecule has 0 heterocycles. The monoisotopic (exact) mass is 329 g/mol. The summed E-state index contributed by atoms with van der Waals surface area (Å²) in [5.41, 5.74) is 0.144. The summed E-state index contributed by atoms with van der Waals surface area (Å²) in [4.78, 5) is -0.409. The fourth-order valence-electron chi connectivity index (χ4n) is 1.64. The molecule has 21 heavy (non-hydrogen) atoms. The second kappa shape index (κ2) is 5.45. The lowest BCUT2D eigenvalue weighted by Gasteiger charge is -2.09. The fourth-order valence-corrected chi connectivity index (χ4v) is 3.41. The number of benzene rings is 2. The highest BCUT2D eigenvalue weighted by Crippen LogP contribution is 2.20. The summed E-state index contributed by atoms with van der Waals surface area (Å²) in [6.07, 6.45) is 1.05. The summed E-state index contributed by atoms with van der Waals surface area (Å²) in [6.45, 7) is 0. The van der Waals surface area contributed by atoms with E-state index in [0.29, 0.717) is 0 Å². The van der Waals surface area contributed by atoms with Crippen molar-refractivity contribution in [2.24, 2.45) is 0 Å². The van der Waals surface area contributed by atoms with E-state index >= 15 is 0 Å². The van der Waals surface area contributed by atoms with E-state index in [-0.39, 0.29) is 10.6 Å². The number of hydrogen-bond donors (Lipinski definition) is 1. The first-order chi connectivity index (χ1) is 9.70. The minimum absolute atomic E-state index is 0.0661. The van der Waals surface area contributed by atoms with Gasteiger partial charge in [-0.3, -0.25) is 4.72 Å². The van der Waals surface area contributed by atoms with E-state index in [1.807, 2.05) is 0 Å². The molecule has 0 fully saturated rings. The Kier molecular flexibility index (Phi) is 4.02. The van der Waals surface area contributed by atoms with Crippen LogP contribution in [0.2, 0.25) is 0 Å². The predicted molar refractivity (Wildman–Crippen MR) is 76.8 cm³/mol. The van der Waals surface area contributed by atoms with Crippen molar-refractivity contribution in [3.63, 3.8) is 0 Å². The summed E-state index contributed by atoms with van der Waals surface area (Å²) in [5.74, 6) is -0.863. The van der Waals surface area contributed by atoms with Crippen LogP contribution in [-0.2, 0) is 19.9 Å². The summed E-state index contributed by atoms with van der Waals surface area (Å²) < 4.78 is 62.4. The Labute approximate surface area is 122 Å². The molecule has 1 N–H and O–H groups in total. The second-order valence-corrected chi connectivity index (χ2v) is 8.00. The molecule has 0 aliphatic carbocycles. The van der Waals surface area contributed by atoms with Gasteiger partial charge in [-0.25, -0.2) is 21.2 Å². The van der Waals surface area contributed by atoms with Crippen molar-refractivity contribution in [3.8, 4) is 0 Å². The van der Waals surface area contributed by atoms with Gasteiger partial charge in [-0.15, -0.1) is 0 Å². The largest absolute Gasteiger partial charge is 0.280 e. The van der Waals surface area contributed by atoms with Gasteiger partial charge in [0.15, 0.2) is 9.84 Å². The smallest absolute Gasteiger partial charge is 0.264 e. The zero-order chi connectivity index (χ0) is 15.7. The Morgan fingerprint density at radius 3 is 2.00 bits per heavy atom. The Morgan fingerprint density at radius 1 is 0.905 bits per heavy atom. The van der Waals surface area contributed by atoms with E-state index in [9.17, 15) is 21.2 Å². The molecule has 5 nitrogen and oxygen atoms in total. The summed E-state index contributed by atoms with van der Waals surface area (Å²) >= 11 is 0. The fraction of sp³-hybridized carbons (Fsp3) is 0.0769. The number of anilines is 1. The normalized spacial score (nSPS) is 12.1. The summed E-state index contributed by atoms with van der Waals surface area (Å²) in [6, 6.07) is 10.1. The zero-order valence-corrected chi connectivity index (χ0v) is 12.6. The van der Waals surface area contributed by atoms with Crippen LogP contribution in [0.25, 0.3) is 0 Å². The second-order valence-electron chi connectivity index (χ2n) is 4.33. The quantitative estimate of drug-likeness (QED) is 0.931. The molecule has 0 radical (unpaired) electrons. The SMILES string of the molecule is CS(=O)(=O)c1ccc(NS(=O)(=O)c2ccccc2F)cc1. The molecule has 2 aromatic rings. The highest BCUT2D eigenvalue weighted by molar-refractivity contribution is 7.92. The summed E-state index contributed by atoms with van der Waals surface area (Å²) in [5, 5.41) is 0. The molecule has 0 spiro atoms. The molecule has 0 aliphatic heterocycles. The molecule has 0 aromatic heterocycles. The van der Waals surface area contributed by atoms with Crippen LogP contribution < -0.4 is 4.72 Å². The Morgan fingerprint density at radius 2 is 1.48 bits per heavy atom. The first-order valence-corrected chi connectivity index (χ1v) is 9.15. The van der Waals surface area contributed by atoms with Gasteiger partial charge in [0.05, 0.1) is 4.90 Å². The number of sulfone groups is 1. The van der Waals surface area contributed by atoms with Gasteiger partial charge >= 0.3 is 0 Å². The first kappa shape index (κ1) is 15.5. The Balaban J connectivity index is 2.32. The number of rotatable bonds is 4. The topological polar surface area (TPSA) is 80.3 Å². The minimum atomic E-state index is -4.07. The van der Waals surface area contributed by atoms with Gasteiger partial charge in [0.1, 0.15) is 10.7 Å². The van der Waals surface area contributed by atoms with Crippen LogP contribution in [0.15, 0.2) is 58.3 Å². The van der Waals surface area contributed by atoms with Crippen molar-refractivity contribution < 1.29 is 21.2 Å². The van der Waals surface area contributed by atoms with Gasteiger partial charge < -0.3 is 0 Å². The highest BCUT2D eigenvalue weighted by Gasteiger charge is 2.18. The maximum atomic E-state index is 13.5. The maximum absolute atomic E-state index is 13.5. The molecule has 0 amide bonds. The molecule has 0 saturated carbocycles. The molecule has 2 rings (SSSR count). The lowest BCUT2D eigenvalue weighted by Crippen LogP contribution is -2.14. The molecular formula is C13H12FNO4S2. The third-order valence-corrected chi connectivity index (χ3v) is 5.20. The van der Waals surface area contributed by atoms with E-state index in [0.717, 1.165) is 18.4 Å². The first-order valence-electron chi connectivity index (χ1n) is 5.77. The van der Waals surface area contributed by atoms with Crippen molar-refractivity contribution in [1.29, 1.82) is 0 Å². The van der Waals surface area contributed by atoms with Crippen LogP contribution in [0.4, 0.5) is 10.1 Å². The number of halogens is 1. The van der Waals surface area contributed by atoms with Crippen LogP contribution in [0.1, 0.15) is 0 Å². The third-order valence-electron chi connectivity index (χ3n) is 2.66. The molecule has 0 unspecified atom stereocenters. The molecule has 0 atom stereocenters. The molecule has 0 bridgehead atoms. The number of sulfonamides is 1. The van der Waals surface area contributed by atoms with E-state index in [1.54, 1.807) is 0 Å². The van der Waals surface area contributed by atoms with Crippen molar-refractivity contribution in [1.82, 2.24) is 0 Å². The predicted octanol–water partition coefficient (Wildman–Crippen LogP) is 2.03. The van der Waals surface area contributed by atoms with Gasteiger partial charge in [-0.05, 0) is 36.4 Å². The van der Waals surface area contributed by atoms with Crippen molar-refractivity contribution >= 4 is 25.5 Å². The van der Waals surface area contributed by atoms with E-state index in [1.165, 1.54) is 36.4 Å². The molecule has 0 aliphatic rings. The zero-order valence-electron chi connectivity index (χ0n) is 10.9. The Hall–Kier alpha value is -1.93. The van der Waals surface area contributed by atoms with Crippen LogP contribution >= 0.6 is 0 Å². The number of hydrogen-bond acceptors (Lipinski definition) is 4. The highest BCUT2D eigenvalue weighted by atomic mass is 32.2. The third kappa shape index (κ3) is 3.59. The van der Waals surface area contributed by atoms with Gasteiger partial charge in [-0.1, -0.05) is 12.1 Å². The van der Waals surface area contributed by atoms with Crippen LogP contribution in [0, 0.1) is 5.82 Å². The Bertz CT molecular complexity index is 859. The van der Waals surface area contributed by atoms with Crippen molar-refractivity contribution in [2.75, 3.05) is 11.0 Å². The molecule has 2 aromatic carbocycles. The lowest BCUT2D eigenvalue weighted by molar-refractivity contribution is 0.570. The molecule has 0 saturated heterocycles. The lowest BCUT2D eigenvalue weighted by atomic mass is 10.3. The standard InChI is InChI=1S/C13H12FNO4S2/c1-20(16,17)11-8-6-10(7-9-11)15-21(18,19)13-5-3-2-4-12(13)14/h2-9,15H,1H3. The maximum Gasteiger partial charge on any atom is 0.264 e. The van der Waals surface area contributed by atoms with E-state index in [4.69, 9.17) is 0 Å². The average Bonchev–Trinajstić information content (AvgIpc) is 2.38. The van der Waals surface area contributed by atoms with Gasteiger partial charge in [0, 0.05) is 11.9 Å². The van der Waals surface area contributed by atoms with Gasteiger partial charge in [0.25, 0.3) is 10.0 Å². The average molecular weight is 329 g/mol. The van der Waals surface area contributed by atoms with E-state index in [2.05, 4.69) is 4.72 Å². The van der Waals surface area contributed by atoms with Crippen LogP contribution in [0.5, 0.6) is 0 Å². The van der Waals surface area contributed by atoms with Crippen LogP contribution in [-0.4, -0.2) is 23.1 Å². The molecule has 112 valence electrons. The molecule has 8 heteroatoms. The van der Waals surface area contributed by atoms with E-state index < -0.39 is 30.6 Å². The number of nitrogens with one attached hydrogen (secondary N) is 1. The van der Waals surface area contributed by atoms with Crippen molar-refractivity contribution in [2.45, 2.75) is 9.79 Å². The minimum Gasteiger partial charge on any atom is -0.280 e. The van der Waals surface area contributed by atoms with Gasteiger partial charge in [0.2, 0.25) is 0 Å². The van der Waals surface area contributed by atoms with Gasteiger partial charge in [-0.2, -0.15) is 0 Å². The molecular weight excluding hydrogens is 317 g/mol. The van der Waals surface area contributed by atoms with Crippen molar-refractivity contribution in [3.05, 3.63) is 54.3 Å². The van der Waals surface area contributed by atoms with Crippen LogP contribution in [0.3, 0.4) is 0 Å². The summed E-state index contributed by atoms with van der Waals surface area (Å²) in [7, 11) is -7.43.